The summed E-state index contributed by atoms with van der Waals surface area (Å²) in [6, 6.07) is 16.3. The van der Waals surface area contributed by atoms with E-state index in [1.807, 2.05) is 30.3 Å². The van der Waals surface area contributed by atoms with Gasteiger partial charge in [-0.25, -0.2) is 4.98 Å². The minimum atomic E-state index is -0.465. The molecule has 1 N–H and O–H groups in total. The minimum Gasteiger partial charge on any atom is -0.497 e. The number of halogens is 1. The lowest BCUT2D eigenvalue weighted by Gasteiger charge is -2.33. The highest BCUT2D eigenvalue weighted by molar-refractivity contribution is 6.33. The van der Waals surface area contributed by atoms with Crippen molar-refractivity contribution in [2.45, 2.75) is 13.5 Å². The lowest BCUT2D eigenvalue weighted by molar-refractivity contribution is -0.384. The Morgan fingerprint density at radius 1 is 1.12 bits per heavy atom. The van der Waals surface area contributed by atoms with Gasteiger partial charge in [0, 0.05) is 42.8 Å². The maximum absolute atomic E-state index is 12.5. The van der Waals surface area contributed by atoms with E-state index in [0.717, 1.165) is 31.7 Å². The van der Waals surface area contributed by atoms with Gasteiger partial charge in [0.25, 0.3) is 0 Å². The van der Waals surface area contributed by atoms with Crippen LogP contribution in [0, 0.1) is 17.0 Å². The number of nitro groups is 1. The van der Waals surface area contributed by atoms with Crippen molar-refractivity contribution in [3.05, 3.63) is 86.6 Å². The van der Waals surface area contributed by atoms with Gasteiger partial charge in [0.1, 0.15) is 17.3 Å². The van der Waals surface area contributed by atoms with Crippen molar-refractivity contribution in [3.63, 3.8) is 0 Å². The van der Waals surface area contributed by atoms with Gasteiger partial charge in [-0.15, -0.1) is 5.10 Å². The van der Waals surface area contributed by atoms with Gasteiger partial charge in [-0.2, -0.15) is 0 Å². The van der Waals surface area contributed by atoms with Gasteiger partial charge < -0.3 is 19.9 Å². The number of methoxy groups -OCH3 is 1. The topological polar surface area (TPSA) is 119 Å². The standard InChI is InChI=1S/C29H30ClN7O4/c1-19-28(37(39)40)29(33-36(19)17-20-8-10-21(41-3)11-9-20)31-25-16-26(35-14-12-34(2)13-15-35)32-27(23(25)18-38)22-6-4-5-7-24(22)30/h4-11,16,18H,12-15,17H2,1-3H3,(H,31,32,33). The van der Waals surface area contributed by atoms with E-state index in [9.17, 15) is 14.9 Å². The van der Waals surface area contributed by atoms with Gasteiger partial charge in [-0.1, -0.05) is 41.9 Å². The number of carbonyl (C=O) groups is 1. The molecule has 1 fully saturated rings. The molecule has 0 radical (unpaired) electrons. The van der Waals surface area contributed by atoms with Gasteiger partial charge in [-0.05, 0) is 37.7 Å². The largest absolute Gasteiger partial charge is 0.497 e. The quantitative estimate of drug-likeness (QED) is 0.163. The number of benzene rings is 2. The first-order chi connectivity index (χ1) is 19.8. The van der Waals surface area contributed by atoms with Crippen LogP contribution in [0.15, 0.2) is 54.6 Å². The number of anilines is 3. The van der Waals surface area contributed by atoms with Crippen LogP contribution >= 0.6 is 11.6 Å². The van der Waals surface area contributed by atoms with Crippen LogP contribution in [-0.2, 0) is 6.54 Å². The highest BCUT2D eigenvalue weighted by Gasteiger charge is 2.28. The third-order valence-electron chi connectivity index (χ3n) is 7.22. The van der Waals surface area contributed by atoms with Gasteiger partial charge >= 0.3 is 5.69 Å². The van der Waals surface area contributed by atoms with E-state index in [2.05, 4.69) is 27.3 Å². The first kappa shape index (κ1) is 28.1. The highest BCUT2D eigenvalue weighted by atomic mass is 35.5. The van der Waals surface area contributed by atoms with E-state index < -0.39 is 4.92 Å². The van der Waals surface area contributed by atoms with Crippen LogP contribution in [0.25, 0.3) is 11.3 Å². The number of rotatable bonds is 9. The van der Waals surface area contributed by atoms with E-state index in [0.29, 0.717) is 52.1 Å². The van der Waals surface area contributed by atoms with E-state index in [-0.39, 0.29) is 17.1 Å². The Morgan fingerprint density at radius 3 is 2.46 bits per heavy atom. The zero-order chi connectivity index (χ0) is 29.1. The van der Waals surface area contributed by atoms with Crippen LogP contribution in [0.2, 0.25) is 5.02 Å². The second kappa shape index (κ2) is 11.9. The van der Waals surface area contributed by atoms with Crippen molar-refractivity contribution in [2.75, 3.05) is 50.6 Å². The van der Waals surface area contributed by atoms with E-state index >= 15 is 0 Å². The molecule has 0 aliphatic carbocycles. The molecule has 1 aliphatic rings. The lowest BCUT2D eigenvalue weighted by atomic mass is 10.0. The predicted molar refractivity (Wildman–Crippen MR) is 159 cm³/mol. The normalized spacial score (nSPS) is 13.7. The Kier molecular flexibility index (Phi) is 8.18. The van der Waals surface area contributed by atoms with Gasteiger partial charge in [0.15, 0.2) is 6.29 Å². The average molecular weight is 576 g/mol. The number of likely N-dealkylation sites (N-methyl/N-ethyl adjacent to an activating group) is 1. The molecule has 0 bridgehead atoms. The summed E-state index contributed by atoms with van der Waals surface area (Å²) in [4.78, 5) is 33.5. The molecule has 0 amide bonds. The summed E-state index contributed by atoms with van der Waals surface area (Å²) in [7, 11) is 3.65. The van der Waals surface area contributed by atoms with Crippen molar-refractivity contribution in [2.24, 2.45) is 0 Å². The fourth-order valence-corrected chi connectivity index (χ4v) is 5.07. The molecule has 3 heterocycles. The van der Waals surface area contributed by atoms with E-state index in [1.165, 1.54) is 0 Å². The van der Waals surface area contributed by atoms with Crippen molar-refractivity contribution < 1.29 is 14.5 Å². The van der Waals surface area contributed by atoms with Crippen LogP contribution in [0.4, 0.5) is 23.0 Å². The molecule has 11 nitrogen and oxygen atoms in total. The van der Waals surface area contributed by atoms with Crippen molar-refractivity contribution >= 4 is 40.9 Å². The van der Waals surface area contributed by atoms with Crippen molar-refractivity contribution in [1.82, 2.24) is 19.7 Å². The number of ether oxygens (including phenoxy) is 1. The molecule has 0 spiro atoms. The summed E-state index contributed by atoms with van der Waals surface area (Å²) < 4.78 is 6.79. The third kappa shape index (κ3) is 5.86. The van der Waals surface area contributed by atoms with E-state index in [1.54, 1.807) is 43.0 Å². The monoisotopic (exact) mass is 575 g/mol. The Morgan fingerprint density at radius 2 is 1.83 bits per heavy atom. The molecule has 1 saturated heterocycles. The summed E-state index contributed by atoms with van der Waals surface area (Å²) in [5, 5.41) is 20.3. The van der Waals surface area contributed by atoms with Crippen LogP contribution in [0.1, 0.15) is 21.6 Å². The number of carbonyl (C=O) groups excluding carboxylic acids is 1. The second-order valence-electron chi connectivity index (χ2n) is 9.85. The zero-order valence-corrected chi connectivity index (χ0v) is 23.8. The molecule has 0 atom stereocenters. The number of hydrogen-bond donors (Lipinski definition) is 1. The number of aromatic nitrogens is 3. The molecule has 1 aliphatic heterocycles. The molecule has 0 unspecified atom stereocenters. The van der Waals surface area contributed by atoms with Crippen molar-refractivity contribution in [3.8, 4) is 17.0 Å². The third-order valence-corrected chi connectivity index (χ3v) is 7.55. The number of nitrogens with zero attached hydrogens (tertiary/aromatic N) is 6. The Bertz CT molecular complexity index is 1580. The molecule has 41 heavy (non-hydrogen) atoms. The fraction of sp³-hybridized carbons (Fsp3) is 0.276. The fourth-order valence-electron chi connectivity index (χ4n) is 4.85. The zero-order valence-electron chi connectivity index (χ0n) is 23.0. The molecule has 2 aromatic heterocycles. The molecule has 12 heteroatoms. The SMILES string of the molecule is COc1ccc(Cn2nc(Nc3cc(N4CCN(C)CC4)nc(-c4ccccc4Cl)c3C=O)c([N+](=O)[O-])c2C)cc1. The highest BCUT2D eigenvalue weighted by Crippen LogP contribution is 2.38. The molecule has 5 rings (SSSR count). The van der Waals surface area contributed by atoms with Crippen LogP contribution in [0.5, 0.6) is 5.75 Å². The first-order valence-corrected chi connectivity index (χ1v) is 13.5. The molecular formula is C29H30ClN7O4. The van der Waals surface area contributed by atoms with Crippen molar-refractivity contribution in [1.29, 1.82) is 0 Å². The second-order valence-corrected chi connectivity index (χ2v) is 10.3. The summed E-state index contributed by atoms with van der Waals surface area (Å²) >= 11 is 6.53. The van der Waals surface area contributed by atoms with Crippen LogP contribution < -0.4 is 15.0 Å². The smallest absolute Gasteiger partial charge is 0.334 e. The molecule has 0 saturated carbocycles. The van der Waals surface area contributed by atoms with E-state index in [4.69, 9.17) is 21.3 Å². The number of aldehydes is 1. The Hall–Kier alpha value is -4.48. The molecule has 4 aromatic rings. The maximum Gasteiger partial charge on any atom is 0.334 e. The molecule has 2 aromatic carbocycles. The first-order valence-electron chi connectivity index (χ1n) is 13.1. The van der Waals surface area contributed by atoms with Gasteiger partial charge in [-0.3, -0.25) is 19.6 Å². The molecule has 212 valence electrons. The minimum absolute atomic E-state index is 0.0322. The number of pyridine rings is 1. The Balaban J connectivity index is 1.60. The maximum atomic E-state index is 12.5. The summed E-state index contributed by atoms with van der Waals surface area (Å²) in [6.07, 6.45) is 0.689. The summed E-state index contributed by atoms with van der Waals surface area (Å²) in [6.45, 7) is 5.14. The molecular weight excluding hydrogens is 546 g/mol. The summed E-state index contributed by atoms with van der Waals surface area (Å²) in [5.41, 5.74) is 2.67. The average Bonchev–Trinajstić information content (AvgIpc) is 3.27. The van der Waals surface area contributed by atoms with Gasteiger partial charge in [0.2, 0.25) is 5.82 Å². The lowest BCUT2D eigenvalue weighted by Crippen LogP contribution is -2.44. The Labute approximate surface area is 242 Å². The van der Waals surface area contributed by atoms with Crippen LogP contribution in [0.3, 0.4) is 0 Å². The summed E-state index contributed by atoms with van der Waals surface area (Å²) in [5.74, 6) is 1.38. The number of hydrogen-bond acceptors (Lipinski definition) is 9. The predicted octanol–water partition coefficient (Wildman–Crippen LogP) is 5.18. The van der Waals surface area contributed by atoms with Crippen LogP contribution in [-0.4, -0.2) is 71.2 Å². The van der Waals surface area contributed by atoms with Gasteiger partial charge in [0.05, 0.1) is 35.5 Å². The number of nitrogens with one attached hydrogen (secondary N) is 1. The number of piperazine rings is 1.